The number of nitrogens with zero attached hydrogens (tertiary/aromatic N) is 2. The van der Waals surface area contributed by atoms with Crippen LogP contribution in [0.25, 0.3) is 5.65 Å². The zero-order chi connectivity index (χ0) is 14.5. The third kappa shape index (κ3) is 3.87. The van der Waals surface area contributed by atoms with Gasteiger partial charge in [0.2, 0.25) is 5.91 Å². The van der Waals surface area contributed by atoms with Crippen molar-refractivity contribution < 1.29 is 4.79 Å². The predicted octanol–water partition coefficient (Wildman–Crippen LogP) is 3.49. The lowest BCUT2D eigenvalue weighted by Gasteiger charge is -2.02. The molecule has 0 atom stereocenters. The number of unbranched alkanes of at least 4 members (excludes halogenated alkanes) is 1. The summed E-state index contributed by atoms with van der Waals surface area (Å²) in [5, 5.41) is 3.98. The van der Waals surface area contributed by atoms with Crippen molar-refractivity contribution in [2.24, 2.45) is 0 Å². The summed E-state index contributed by atoms with van der Waals surface area (Å²) in [7, 11) is 0. The second-order valence-corrected chi connectivity index (χ2v) is 5.52. The average molecular weight is 314 g/mol. The molecule has 0 saturated carbocycles. The number of hydrogen-bond acceptors (Lipinski definition) is 2. The van der Waals surface area contributed by atoms with Gasteiger partial charge in [0.1, 0.15) is 0 Å². The standard InChI is InChI=1S/C14H17Cl2N3O/c1-2-3-4-13(20)17-6-5-11-9-19-8-10(15)7-12(16)14(19)18-11/h7-9H,2-6H2,1H3,(H,17,20). The van der Waals surface area contributed by atoms with Crippen LogP contribution in [0.15, 0.2) is 18.5 Å². The lowest BCUT2D eigenvalue weighted by Crippen LogP contribution is -2.25. The summed E-state index contributed by atoms with van der Waals surface area (Å²) < 4.78 is 1.80. The van der Waals surface area contributed by atoms with Gasteiger partial charge in [-0.25, -0.2) is 4.98 Å². The Kier molecular flexibility index (Phi) is 5.26. The molecule has 2 rings (SSSR count). The van der Waals surface area contributed by atoms with E-state index in [1.807, 2.05) is 6.20 Å². The summed E-state index contributed by atoms with van der Waals surface area (Å²) >= 11 is 12.0. The van der Waals surface area contributed by atoms with E-state index in [1.54, 1.807) is 16.7 Å². The number of imidazole rings is 1. The van der Waals surface area contributed by atoms with E-state index in [4.69, 9.17) is 23.2 Å². The first-order valence-electron chi connectivity index (χ1n) is 6.69. The minimum absolute atomic E-state index is 0.0942. The van der Waals surface area contributed by atoms with Crippen LogP contribution in [0.2, 0.25) is 10.0 Å². The van der Waals surface area contributed by atoms with Crippen LogP contribution in [0.1, 0.15) is 31.9 Å². The minimum atomic E-state index is 0.0942. The van der Waals surface area contributed by atoms with Crippen LogP contribution in [-0.4, -0.2) is 21.8 Å². The number of fused-ring (bicyclic) bond motifs is 1. The fourth-order valence-electron chi connectivity index (χ4n) is 1.95. The molecular formula is C14H17Cl2N3O. The highest BCUT2D eigenvalue weighted by Crippen LogP contribution is 2.21. The van der Waals surface area contributed by atoms with E-state index in [-0.39, 0.29) is 5.91 Å². The summed E-state index contributed by atoms with van der Waals surface area (Å²) in [4.78, 5) is 15.9. The van der Waals surface area contributed by atoms with Crippen molar-refractivity contribution in [1.82, 2.24) is 14.7 Å². The van der Waals surface area contributed by atoms with Crippen molar-refractivity contribution in [3.8, 4) is 0 Å². The molecule has 1 N–H and O–H groups in total. The smallest absolute Gasteiger partial charge is 0.220 e. The van der Waals surface area contributed by atoms with Crippen molar-refractivity contribution in [2.75, 3.05) is 6.54 Å². The summed E-state index contributed by atoms with van der Waals surface area (Å²) in [5.41, 5.74) is 1.56. The van der Waals surface area contributed by atoms with Gasteiger partial charge in [-0.05, 0) is 12.5 Å². The molecule has 2 aromatic rings. The number of rotatable bonds is 6. The number of halogens is 2. The molecule has 2 heterocycles. The fraction of sp³-hybridized carbons (Fsp3) is 0.429. The van der Waals surface area contributed by atoms with Gasteiger partial charge in [0.25, 0.3) is 0 Å². The maximum absolute atomic E-state index is 11.5. The van der Waals surface area contributed by atoms with Gasteiger partial charge < -0.3 is 9.72 Å². The van der Waals surface area contributed by atoms with Gasteiger partial charge in [0.05, 0.1) is 15.7 Å². The largest absolute Gasteiger partial charge is 0.356 e. The third-order valence-electron chi connectivity index (χ3n) is 2.98. The summed E-state index contributed by atoms with van der Waals surface area (Å²) in [6.45, 7) is 2.65. The quantitative estimate of drug-likeness (QED) is 0.887. The molecule has 0 saturated heterocycles. The van der Waals surface area contributed by atoms with E-state index in [1.165, 1.54) is 0 Å². The highest BCUT2D eigenvalue weighted by atomic mass is 35.5. The first kappa shape index (κ1) is 15.1. The highest BCUT2D eigenvalue weighted by Gasteiger charge is 2.07. The monoisotopic (exact) mass is 313 g/mol. The van der Waals surface area contributed by atoms with E-state index in [9.17, 15) is 4.79 Å². The van der Waals surface area contributed by atoms with Crippen LogP contribution in [0, 0.1) is 0 Å². The van der Waals surface area contributed by atoms with Crippen LogP contribution >= 0.6 is 23.2 Å². The fourth-order valence-corrected chi connectivity index (χ4v) is 2.48. The average Bonchev–Trinajstić information content (AvgIpc) is 2.79. The molecule has 1 amide bonds. The highest BCUT2D eigenvalue weighted by molar-refractivity contribution is 6.36. The van der Waals surface area contributed by atoms with Gasteiger partial charge in [0.15, 0.2) is 5.65 Å². The molecule has 108 valence electrons. The van der Waals surface area contributed by atoms with Gasteiger partial charge in [-0.15, -0.1) is 0 Å². The van der Waals surface area contributed by atoms with Crippen LogP contribution in [0.3, 0.4) is 0 Å². The number of hydrogen-bond donors (Lipinski definition) is 1. The zero-order valence-corrected chi connectivity index (χ0v) is 12.8. The molecule has 0 aliphatic carbocycles. The Bertz CT molecular complexity index is 610. The Morgan fingerprint density at radius 2 is 2.20 bits per heavy atom. The predicted molar refractivity (Wildman–Crippen MR) is 81.5 cm³/mol. The summed E-state index contributed by atoms with van der Waals surface area (Å²) in [6, 6.07) is 1.67. The van der Waals surface area contributed by atoms with Gasteiger partial charge >= 0.3 is 0 Å². The Hall–Kier alpha value is -1.26. The van der Waals surface area contributed by atoms with E-state index >= 15 is 0 Å². The van der Waals surface area contributed by atoms with Crippen molar-refractivity contribution in [3.05, 3.63) is 34.2 Å². The molecule has 2 aromatic heterocycles. The van der Waals surface area contributed by atoms with E-state index in [0.29, 0.717) is 35.1 Å². The molecule has 6 heteroatoms. The molecule has 0 fully saturated rings. The number of amides is 1. The SMILES string of the molecule is CCCCC(=O)NCCc1cn2cc(Cl)cc(Cl)c2n1. The Balaban J connectivity index is 1.94. The van der Waals surface area contributed by atoms with E-state index in [2.05, 4.69) is 17.2 Å². The number of nitrogens with one attached hydrogen (secondary N) is 1. The lowest BCUT2D eigenvalue weighted by molar-refractivity contribution is -0.121. The molecule has 4 nitrogen and oxygen atoms in total. The Labute approximate surface area is 128 Å². The van der Waals surface area contributed by atoms with Crippen molar-refractivity contribution >= 4 is 34.8 Å². The minimum Gasteiger partial charge on any atom is -0.356 e. The van der Waals surface area contributed by atoms with Crippen LogP contribution < -0.4 is 5.32 Å². The number of carbonyl (C=O) groups is 1. The second kappa shape index (κ2) is 6.95. The van der Waals surface area contributed by atoms with Crippen LogP contribution in [0.4, 0.5) is 0 Å². The van der Waals surface area contributed by atoms with Gasteiger partial charge in [-0.1, -0.05) is 36.5 Å². The van der Waals surface area contributed by atoms with E-state index in [0.717, 1.165) is 18.5 Å². The Morgan fingerprint density at radius 3 is 2.95 bits per heavy atom. The summed E-state index contributed by atoms with van der Waals surface area (Å²) in [5.74, 6) is 0.0942. The van der Waals surface area contributed by atoms with Gasteiger partial charge in [0, 0.05) is 31.8 Å². The molecule has 0 unspecified atom stereocenters. The molecule has 0 aliphatic heterocycles. The molecule has 20 heavy (non-hydrogen) atoms. The van der Waals surface area contributed by atoms with Gasteiger partial charge in [-0.3, -0.25) is 4.79 Å². The molecule has 0 aromatic carbocycles. The maximum Gasteiger partial charge on any atom is 0.220 e. The first-order chi connectivity index (χ1) is 9.60. The zero-order valence-electron chi connectivity index (χ0n) is 11.3. The molecule has 0 radical (unpaired) electrons. The van der Waals surface area contributed by atoms with Crippen LogP contribution in [-0.2, 0) is 11.2 Å². The number of aromatic nitrogens is 2. The van der Waals surface area contributed by atoms with Gasteiger partial charge in [-0.2, -0.15) is 0 Å². The molecule has 0 bridgehead atoms. The van der Waals surface area contributed by atoms with Crippen molar-refractivity contribution in [2.45, 2.75) is 32.6 Å². The summed E-state index contributed by atoms with van der Waals surface area (Å²) in [6.07, 6.45) is 6.86. The van der Waals surface area contributed by atoms with Crippen molar-refractivity contribution in [3.63, 3.8) is 0 Å². The topological polar surface area (TPSA) is 46.4 Å². The number of carbonyl (C=O) groups excluding carboxylic acids is 1. The maximum atomic E-state index is 11.5. The lowest BCUT2D eigenvalue weighted by atomic mass is 10.2. The molecule has 0 aliphatic rings. The molecular weight excluding hydrogens is 297 g/mol. The first-order valence-corrected chi connectivity index (χ1v) is 7.45. The van der Waals surface area contributed by atoms with Crippen LogP contribution in [0.5, 0.6) is 0 Å². The Morgan fingerprint density at radius 1 is 1.40 bits per heavy atom. The molecule has 0 spiro atoms. The second-order valence-electron chi connectivity index (χ2n) is 4.67. The third-order valence-corrected chi connectivity index (χ3v) is 3.47. The van der Waals surface area contributed by atoms with Crippen molar-refractivity contribution in [1.29, 1.82) is 0 Å². The number of pyridine rings is 1. The van der Waals surface area contributed by atoms with E-state index < -0.39 is 0 Å². The normalized spacial score (nSPS) is 10.9.